The first-order valence-corrected chi connectivity index (χ1v) is 7.50. The molecule has 0 saturated carbocycles. The zero-order valence-electron chi connectivity index (χ0n) is 12.2. The van der Waals surface area contributed by atoms with Gasteiger partial charge in [-0.25, -0.2) is 0 Å². The summed E-state index contributed by atoms with van der Waals surface area (Å²) in [6.45, 7) is 9.91. The van der Waals surface area contributed by atoms with Crippen LogP contribution in [0.4, 0.5) is 0 Å². The van der Waals surface area contributed by atoms with Crippen molar-refractivity contribution in [2.75, 3.05) is 19.6 Å². The van der Waals surface area contributed by atoms with Crippen LogP contribution in [0.15, 0.2) is 0 Å². The molecule has 0 aromatic carbocycles. The first-order chi connectivity index (χ1) is 8.48. The minimum atomic E-state index is 0.108. The predicted octanol–water partition coefficient (Wildman–Crippen LogP) is 2.41. The Bertz CT molecular complexity index is 289. The van der Waals surface area contributed by atoms with Gasteiger partial charge < -0.3 is 10.2 Å². The third kappa shape index (κ3) is 3.25. The number of carbonyl (C=O) groups is 1. The van der Waals surface area contributed by atoms with Gasteiger partial charge >= 0.3 is 0 Å². The van der Waals surface area contributed by atoms with Crippen LogP contribution in [-0.2, 0) is 4.79 Å². The molecule has 2 fully saturated rings. The molecule has 2 atom stereocenters. The van der Waals surface area contributed by atoms with Gasteiger partial charge in [-0.05, 0) is 50.0 Å². The highest BCUT2D eigenvalue weighted by Crippen LogP contribution is 2.34. The van der Waals surface area contributed by atoms with Crippen LogP contribution in [0.2, 0.25) is 0 Å². The minimum absolute atomic E-state index is 0.108. The Hall–Kier alpha value is -0.570. The van der Waals surface area contributed by atoms with Gasteiger partial charge in [0.2, 0.25) is 5.91 Å². The van der Waals surface area contributed by atoms with Crippen LogP contribution in [0, 0.1) is 11.3 Å². The molecule has 104 valence electrons. The van der Waals surface area contributed by atoms with Gasteiger partial charge in [0.25, 0.3) is 0 Å². The number of nitrogens with one attached hydrogen (secondary N) is 1. The molecule has 3 heteroatoms. The fourth-order valence-corrected chi connectivity index (χ4v) is 3.30. The van der Waals surface area contributed by atoms with Gasteiger partial charge in [0.05, 0.1) is 6.04 Å². The maximum absolute atomic E-state index is 12.4. The van der Waals surface area contributed by atoms with Crippen LogP contribution >= 0.6 is 0 Å². The summed E-state index contributed by atoms with van der Waals surface area (Å²) in [4.78, 5) is 14.5. The highest BCUT2D eigenvalue weighted by atomic mass is 16.2. The van der Waals surface area contributed by atoms with Gasteiger partial charge in [0.1, 0.15) is 0 Å². The van der Waals surface area contributed by atoms with E-state index in [4.69, 9.17) is 0 Å². The molecule has 2 rings (SSSR count). The van der Waals surface area contributed by atoms with Crippen LogP contribution in [0.1, 0.15) is 52.9 Å². The summed E-state index contributed by atoms with van der Waals surface area (Å²) in [7, 11) is 0. The summed E-state index contributed by atoms with van der Waals surface area (Å²) in [5, 5.41) is 3.32. The van der Waals surface area contributed by atoms with E-state index in [2.05, 4.69) is 31.0 Å². The Labute approximate surface area is 111 Å². The third-order valence-corrected chi connectivity index (χ3v) is 4.62. The topological polar surface area (TPSA) is 32.3 Å². The van der Waals surface area contributed by atoms with E-state index in [-0.39, 0.29) is 6.04 Å². The summed E-state index contributed by atoms with van der Waals surface area (Å²) in [6.07, 6.45) is 5.78. The maximum atomic E-state index is 12.4. The summed E-state index contributed by atoms with van der Waals surface area (Å²) in [5.74, 6) is 1.11. The van der Waals surface area contributed by atoms with Gasteiger partial charge in [-0.2, -0.15) is 0 Å². The van der Waals surface area contributed by atoms with Gasteiger partial charge in [-0.3, -0.25) is 4.79 Å². The largest absolute Gasteiger partial charge is 0.341 e. The van der Waals surface area contributed by atoms with E-state index < -0.39 is 0 Å². The molecule has 18 heavy (non-hydrogen) atoms. The fourth-order valence-electron chi connectivity index (χ4n) is 3.30. The van der Waals surface area contributed by atoms with Crippen LogP contribution in [0.3, 0.4) is 0 Å². The van der Waals surface area contributed by atoms with Gasteiger partial charge in [-0.15, -0.1) is 0 Å². The second kappa shape index (κ2) is 5.60. The Balaban J connectivity index is 1.90. The molecule has 3 nitrogen and oxygen atoms in total. The van der Waals surface area contributed by atoms with Gasteiger partial charge in [-0.1, -0.05) is 20.8 Å². The van der Waals surface area contributed by atoms with E-state index in [1.165, 1.54) is 19.3 Å². The Kier molecular flexibility index (Phi) is 4.31. The molecule has 0 aromatic heterocycles. The van der Waals surface area contributed by atoms with E-state index in [0.29, 0.717) is 11.3 Å². The number of amides is 1. The first kappa shape index (κ1) is 13.9. The average Bonchev–Trinajstić information content (AvgIpc) is 2.70. The summed E-state index contributed by atoms with van der Waals surface area (Å²) < 4.78 is 0. The van der Waals surface area contributed by atoms with Crippen LogP contribution < -0.4 is 5.32 Å². The molecule has 0 aliphatic carbocycles. The lowest BCUT2D eigenvalue weighted by Crippen LogP contribution is -2.44. The van der Waals surface area contributed by atoms with Crippen molar-refractivity contribution in [2.45, 2.75) is 58.9 Å². The van der Waals surface area contributed by atoms with Crippen molar-refractivity contribution in [1.82, 2.24) is 10.2 Å². The van der Waals surface area contributed by atoms with Crippen LogP contribution in [0.5, 0.6) is 0 Å². The van der Waals surface area contributed by atoms with Crippen molar-refractivity contribution >= 4 is 5.91 Å². The molecular weight excluding hydrogens is 224 g/mol. The highest BCUT2D eigenvalue weighted by molar-refractivity contribution is 5.82. The number of hydrogen-bond donors (Lipinski definition) is 1. The monoisotopic (exact) mass is 252 g/mol. The Morgan fingerprint density at radius 1 is 1.11 bits per heavy atom. The molecule has 2 heterocycles. The van der Waals surface area contributed by atoms with Crippen LogP contribution in [0.25, 0.3) is 0 Å². The standard InChI is InChI=1S/C15H28N2O/c1-15(2,3)12-6-5-10-17(11-8-12)14(18)13-7-4-9-16-13/h12-13,16H,4-11H2,1-3H3/t12?,13-/m0/s1. The second-order valence-electron chi connectivity index (χ2n) is 6.97. The lowest BCUT2D eigenvalue weighted by Gasteiger charge is -2.30. The summed E-state index contributed by atoms with van der Waals surface area (Å²) in [5.41, 5.74) is 0.380. The molecule has 2 aliphatic heterocycles. The van der Waals surface area contributed by atoms with Crippen molar-refractivity contribution in [1.29, 1.82) is 0 Å². The molecule has 1 unspecified atom stereocenters. The van der Waals surface area contributed by atoms with Crippen LogP contribution in [-0.4, -0.2) is 36.5 Å². The van der Waals surface area contributed by atoms with E-state index >= 15 is 0 Å². The number of nitrogens with zero attached hydrogens (tertiary/aromatic N) is 1. The molecule has 0 aromatic rings. The Morgan fingerprint density at radius 3 is 2.50 bits per heavy atom. The molecule has 1 N–H and O–H groups in total. The first-order valence-electron chi connectivity index (χ1n) is 7.50. The molecular formula is C15H28N2O. The normalized spacial score (nSPS) is 30.3. The molecule has 0 radical (unpaired) electrons. The second-order valence-corrected chi connectivity index (χ2v) is 6.97. The highest BCUT2D eigenvalue weighted by Gasteiger charge is 2.31. The minimum Gasteiger partial charge on any atom is -0.341 e. The molecule has 0 spiro atoms. The lowest BCUT2D eigenvalue weighted by molar-refractivity contribution is -0.133. The quantitative estimate of drug-likeness (QED) is 0.777. The number of carbonyl (C=O) groups excluding carboxylic acids is 1. The van der Waals surface area contributed by atoms with E-state index in [1.54, 1.807) is 0 Å². The number of hydrogen-bond acceptors (Lipinski definition) is 2. The molecule has 2 aliphatic rings. The van der Waals surface area contributed by atoms with E-state index in [0.717, 1.165) is 38.4 Å². The van der Waals surface area contributed by atoms with Crippen molar-refractivity contribution < 1.29 is 4.79 Å². The van der Waals surface area contributed by atoms with Crippen molar-refractivity contribution in [3.05, 3.63) is 0 Å². The summed E-state index contributed by atoms with van der Waals surface area (Å²) >= 11 is 0. The SMILES string of the molecule is CC(C)(C)C1CCCN(C(=O)[C@@H]2CCCN2)CC1. The lowest BCUT2D eigenvalue weighted by atomic mass is 9.77. The average molecular weight is 252 g/mol. The van der Waals surface area contributed by atoms with Gasteiger partial charge in [0, 0.05) is 13.1 Å². The Morgan fingerprint density at radius 2 is 1.89 bits per heavy atom. The summed E-state index contributed by atoms with van der Waals surface area (Å²) in [6, 6.07) is 0.108. The van der Waals surface area contributed by atoms with E-state index in [9.17, 15) is 4.79 Å². The molecule has 2 saturated heterocycles. The van der Waals surface area contributed by atoms with Crippen molar-refractivity contribution in [3.8, 4) is 0 Å². The maximum Gasteiger partial charge on any atom is 0.239 e. The molecule has 0 bridgehead atoms. The van der Waals surface area contributed by atoms with Crippen molar-refractivity contribution in [2.24, 2.45) is 11.3 Å². The smallest absolute Gasteiger partial charge is 0.239 e. The number of rotatable bonds is 1. The third-order valence-electron chi connectivity index (χ3n) is 4.62. The van der Waals surface area contributed by atoms with Crippen molar-refractivity contribution in [3.63, 3.8) is 0 Å². The number of likely N-dealkylation sites (tertiary alicyclic amines) is 1. The zero-order valence-corrected chi connectivity index (χ0v) is 12.2. The zero-order chi connectivity index (χ0) is 13.2. The molecule has 1 amide bonds. The van der Waals surface area contributed by atoms with E-state index in [1.807, 2.05) is 0 Å². The fraction of sp³-hybridized carbons (Fsp3) is 0.933. The van der Waals surface area contributed by atoms with Gasteiger partial charge in [0.15, 0.2) is 0 Å². The predicted molar refractivity (Wildman–Crippen MR) is 74.4 cm³/mol.